The molecule has 1 amide bonds. The van der Waals surface area contributed by atoms with Gasteiger partial charge in [0, 0.05) is 10.5 Å². The SMILES string of the molecule is COc1c(C(=O)NC(=S)Nc2c(F)cc(F)cc2Br)cc2ccccc2c1Br. The summed E-state index contributed by atoms with van der Waals surface area (Å²) in [6, 6.07) is 10.9. The van der Waals surface area contributed by atoms with Gasteiger partial charge >= 0.3 is 0 Å². The number of benzene rings is 3. The molecule has 0 aliphatic heterocycles. The van der Waals surface area contributed by atoms with E-state index in [2.05, 4.69) is 42.5 Å². The maximum atomic E-state index is 13.9. The van der Waals surface area contributed by atoms with Crippen LogP contribution >= 0.6 is 44.1 Å². The lowest BCUT2D eigenvalue weighted by Crippen LogP contribution is -2.34. The molecule has 0 spiro atoms. The number of carbonyl (C=O) groups excluding carboxylic acids is 1. The average molecular weight is 530 g/mol. The Morgan fingerprint density at radius 3 is 2.54 bits per heavy atom. The zero-order valence-electron chi connectivity index (χ0n) is 14.3. The molecular weight excluding hydrogens is 518 g/mol. The van der Waals surface area contributed by atoms with Crippen LogP contribution in [0.2, 0.25) is 0 Å². The molecule has 0 unspecified atom stereocenters. The first kappa shape index (κ1) is 20.6. The molecule has 28 heavy (non-hydrogen) atoms. The van der Waals surface area contributed by atoms with Crippen molar-refractivity contribution in [3.63, 3.8) is 0 Å². The normalized spacial score (nSPS) is 10.6. The molecule has 3 rings (SSSR count). The van der Waals surface area contributed by atoms with Crippen molar-refractivity contribution in [1.82, 2.24) is 5.32 Å². The summed E-state index contributed by atoms with van der Waals surface area (Å²) in [5.41, 5.74) is 0.161. The van der Waals surface area contributed by atoms with E-state index < -0.39 is 17.5 Å². The highest BCUT2D eigenvalue weighted by molar-refractivity contribution is 9.11. The van der Waals surface area contributed by atoms with E-state index >= 15 is 0 Å². The Balaban J connectivity index is 1.88. The van der Waals surface area contributed by atoms with Gasteiger partial charge in [0.2, 0.25) is 0 Å². The minimum absolute atomic E-state index is 0.0849. The Kier molecular flexibility index (Phi) is 6.26. The topological polar surface area (TPSA) is 50.4 Å². The lowest BCUT2D eigenvalue weighted by molar-refractivity contribution is 0.0975. The van der Waals surface area contributed by atoms with Gasteiger partial charge in [-0.25, -0.2) is 8.78 Å². The van der Waals surface area contributed by atoms with Gasteiger partial charge in [0.25, 0.3) is 5.91 Å². The predicted octanol–water partition coefficient (Wildman–Crippen LogP) is 5.78. The van der Waals surface area contributed by atoms with Gasteiger partial charge in [0.1, 0.15) is 11.6 Å². The molecule has 2 N–H and O–H groups in total. The summed E-state index contributed by atoms with van der Waals surface area (Å²) in [4.78, 5) is 12.7. The number of anilines is 1. The number of halogens is 4. The number of hydrogen-bond acceptors (Lipinski definition) is 3. The molecule has 0 aliphatic carbocycles. The molecule has 144 valence electrons. The number of hydrogen-bond donors (Lipinski definition) is 2. The summed E-state index contributed by atoms with van der Waals surface area (Å²) in [5, 5.41) is 6.59. The number of rotatable bonds is 3. The first-order valence-corrected chi connectivity index (χ1v) is 9.83. The van der Waals surface area contributed by atoms with E-state index in [-0.39, 0.29) is 20.8 Å². The van der Waals surface area contributed by atoms with Crippen LogP contribution in [0, 0.1) is 11.6 Å². The van der Waals surface area contributed by atoms with E-state index in [0.29, 0.717) is 16.3 Å². The quantitative estimate of drug-likeness (QED) is 0.422. The van der Waals surface area contributed by atoms with Gasteiger partial charge in [-0.05, 0) is 67.0 Å². The first-order valence-electron chi connectivity index (χ1n) is 7.84. The molecule has 3 aromatic carbocycles. The number of thiocarbonyl (C=S) groups is 1. The average Bonchev–Trinajstić information content (AvgIpc) is 2.64. The van der Waals surface area contributed by atoms with Gasteiger partial charge in [0.15, 0.2) is 10.9 Å². The van der Waals surface area contributed by atoms with Crippen LogP contribution in [0.1, 0.15) is 10.4 Å². The van der Waals surface area contributed by atoms with E-state index in [1.165, 1.54) is 7.11 Å². The molecule has 0 saturated carbocycles. The lowest BCUT2D eigenvalue weighted by Gasteiger charge is -2.15. The Hall–Kier alpha value is -2.10. The van der Waals surface area contributed by atoms with E-state index in [1.807, 2.05) is 24.3 Å². The maximum absolute atomic E-state index is 13.9. The molecule has 0 saturated heterocycles. The zero-order valence-corrected chi connectivity index (χ0v) is 18.3. The number of methoxy groups -OCH3 is 1. The number of ether oxygens (including phenoxy) is 1. The van der Waals surface area contributed by atoms with Crippen molar-refractivity contribution in [2.45, 2.75) is 0 Å². The van der Waals surface area contributed by atoms with Crippen molar-refractivity contribution in [3.05, 3.63) is 68.6 Å². The van der Waals surface area contributed by atoms with Crippen molar-refractivity contribution in [3.8, 4) is 5.75 Å². The molecule has 0 radical (unpaired) electrons. The van der Waals surface area contributed by atoms with Gasteiger partial charge in [-0.15, -0.1) is 0 Å². The fourth-order valence-corrected chi connectivity index (χ4v) is 4.07. The summed E-state index contributed by atoms with van der Waals surface area (Å²) >= 11 is 11.6. The largest absolute Gasteiger partial charge is 0.495 e. The van der Waals surface area contributed by atoms with Crippen LogP contribution in [0.15, 0.2) is 51.4 Å². The Labute approximate surface area is 181 Å². The van der Waals surface area contributed by atoms with Crippen LogP contribution in [-0.4, -0.2) is 18.1 Å². The van der Waals surface area contributed by atoms with Gasteiger partial charge < -0.3 is 10.1 Å². The molecule has 0 aromatic heterocycles. The number of nitrogens with one attached hydrogen (secondary N) is 2. The Morgan fingerprint density at radius 1 is 1.14 bits per heavy atom. The highest BCUT2D eigenvalue weighted by Crippen LogP contribution is 2.36. The summed E-state index contributed by atoms with van der Waals surface area (Å²) in [6.07, 6.45) is 0. The number of carbonyl (C=O) groups is 1. The first-order chi connectivity index (χ1) is 13.3. The number of amides is 1. The molecule has 0 aliphatic rings. The third-order valence-electron chi connectivity index (χ3n) is 3.86. The smallest absolute Gasteiger partial charge is 0.261 e. The molecule has 0 heterocycles. The molecule has 0 bridgehead atoms. The number of fused-ring (bicyclic) bond motifs is 1. The minimum atomic E-state index is -0.852. The third kappa shape index (κ3) is 4.16. The Bertz CT molecular complexity index is 1090. The minimum Gasteiger partial charge on any atom is -0.495 e. The van der Waals surface area contributed by atoms with E-state index in [0.717, 1.165) is 16.8 Å². The predicted molar refractivity (Wildman–Crippen MR) is 116 cm³/mol. The van der Waals surface area contributed by atoms with Crippen LogP contribution in [0.5, 0.6) is 5.75 Å². The maximum Gasteiger partial charge on any atom is 0.261 e. The van der Waals surface area contributed by atoms with Crippen molar-refractivity contribution in [2.75, 3.05) is 12.4 Å². The van der Waals surface area contributed by atoms with Crippen molar-refractivity contribution >= 4 is 71.6 Å². The van der Waals surface area contributed by atoms with Crippen molar-refractivity contribution < 1.29 is 18.3 Å². The molecule has 0 atom stereocenters. The molecule has 9 heteroatoms. The van der Waals surface area contributed by atoms with Crippen LogP contribution in [0.4, 0.5) is 14.5 Å². The van der Waals surface area contributed by atoms with Crippen LogP contribution in [0.3, 0.4) is 0 Å². The Morgan fingerprint density at radius 2 is 1.86 bits per heavy atom. The van der Waals surface area contributed by atoms with Gasteiger partial charge in [0.05, 0.1) is 22.8 Å². The van der Waals surface area contributed by atoms with Crippen LogP contribution in [-0.2, 0) is 0 Å². The monoisotopic (exact) mass is 528 g/mol. The van der Waals surface area contributed by atoms with E-state index in [9.17, 15) is 13.6 Å². The highest BCUT2D eigenvalue weighted by atomic mass is 79.9. The molecule has 0 fully saturated rings. The van der Waals surface area contributed by atoms with Crippen molar-refractivity contribution in [1.29, 1.82) is 0 Å². The van der Waals surface area contributed by atoms with E-state index in [4.69, 9.17) is 17.0 Å². The van der Waals surface area contributed by atoms with E-state index in [1.54, 1.807) is 6.07 Å². The summed E-state index contributed by atoms with van der Waals surface area (Å²) < 4.78 is 33.3. The van der Waals surface area contributed by atoms with Gasteiger partial charge in [-0.1, -0.05) is 24.3 Å². The van der Waals surface area contributed by atoms with Crippen molar-refractivity contribution in [2.24, 2.45) is 0 Å². The standard InChI is InChI=1S/C19H12Br2F2N2O2S/c1-27-17-12(6-9-4-2-3-5-11(9)15(17)21)18(26)25-19(28)24-16-13(20)7-10(22)8-14(16)23/h2-8H,1H3,(H2,24,25,26,28). The second-order valence-electron chi connectivity index (χ2n) is 5.65. The second-order valence-corrected chi connectivity index (χ2v) is 7.70. The molecule has 3 aromatic rings. The highest BCUT2D eigenvalue weighted by Gasteiger charge is 2.20. The summed E-state index contributed by atoms with van der Waals surface area (Å²) in [6.45, 7) is 0. The molecule has 4 nitrogen and oxygen atoms in total. The third-order valence-corrected chi connectivity index (χ3v) is 5.48. The lowest BCUT2D eigenvalue weighted by atomic mass is 10.1. The second kappa shape index (κ2) is 8.50. The molecular formula is C19H12Br2F2N2O2S. The zero-order chi connectivity index (χ0) is 20.4. The van der Waals surface area contributed by atoms with Gasteiger partial charge in [-0.3, -0.25) is 10.1 Å². The fourth-order valence-electron chi connectivity index (χ4n) is 2.63. The van der Waals surface area contributed by atoms with Crippen LogP contribution in [0.25, 0.3) is 10.8 Å². The fraction of sp³-hybridized carbons (Fsp3) is 0.0526. The summed E-state index contributed by atoms with van der Waals surface area (Å²) in [7, 11) is 1.45. The van der Waals surface area contributed by atoms with Gasteiger partial charge in [-0.2, -0.15) is 0 Å². The van der Waals surface area contributed by atoms with Crippen LogP contribution < -0.4 is 15.4 Å². The summed E-state index contributed by atoms with van der Waals surface area (Å²) in [5.74, 6) is -1.79.